The summed E-state index contributed by atoms with van der Waals surface area (Å²) in [6, 6.07) is 15.3. The normalized spacial score (nSPS) is 17.4. The predicted molar refractivity (Wildman–Crippen MR) is 101 cm³/mol. The number of nitrogens with one attached hydrogen (secondary N) is 1. The van der Waals surface area contributed by atoms with E-state index in [-0.39, 0.29) is 5.78 Å². The van der Waals surface area contributed by atoms with Gasteiger partial charge in [-0.3, -0.25) is 4.79 Å². The van der Waals surface area contributed by atoms with Crippen LogP contribution in [0, 0.1) is 0 Å². The number of halogens is 2. The molecule has 2 aromatic carbocycles. The lowest BCUT2D eigenvalue weighted by atomic mass is 9.92. The van der Waals surface area contributed by atoms with Crippen molar-refractivity contribution in [3.05, 3.63) is 75.8 Å². The van der Waals surface area contributed by atoms with E-state index in [9.17, 15) is 4.79 Å². The Kier molecular flexibility index (Phi) is 5.72. The Morgan fingerprint density at radius 1 is 1.00 bits per heavy atom. The minimum atomic E-state index is 0.163. The molecule has 1 unspecified atom stereocenters. The molecule has 3 rings (SSSR count). The van der Waals surface area contributed by atoms with Crippen LogP contribution in [0.4, 0.5) is 0 Å². The van der Waals surface area contributed by atoms with E-state index in [0.717, 1.165) is 30.0 Å². The Labute approximate surface area is 152 Å². The summed E-state index contributed by atoms with van der Waals surface area (Å²) < 4.78 is 0. The van der Waals surface area contributed by atoms with Gasteiger partial charge in [0, 0.05) is 34.6 Å². The molecule has 2 nitrogen and oxygen atoms in total. The van der Waals surface area contributed by atoms with Crippen LogP contribution in [0.2, 0.25) is 10.0 Å². The SMILES string of the molecule is O=C(CCC1CC(c2ccc(Cl)cc2)=CCN1)c1ccc(Cl)cc1. The third-order valence-corrected chi connectivity index (χ3v) is 4.83. The number of rotatable bonds is 5. The average Bonchev–Trinajstić information content (AvgIpc) is 2.61. The molecule has 0 saturated heterocycles. The molecule has 124 valence electrons. The maximum Gasteiger partial charge on any atom is 0.162 e. The van der Waals surface area contributed by atoms with Crippen molar-refractivity contribution < 1.29 is 4.79 Å². The second kappa shape index (κ2) is 7.98. The Balaban J connectivity index is 1.57. The Bertz CT molecular complexity index is 735. The van der Waals surface area contributed by atoms with E-state index in [0.29, 0.717) is 17.5 Å². The highest BCUT2D eigenvalue weighted by Crippen LogP contribution is 2.25. The molecular formula is C20H19Cl2NO. The Morgan fingerprint density at radius 2 is 1.62 bits per heavy atom. The summed E-state index contributed by atoms with van der Waals surface area (Å²) >= 11 is 11.8. The quantitative estimate of drug-likeness (QED) is 0.723. The standard InChI is InChI=1S/C20H19Cl2NO/c21-17-5-1-14(2-6-17)16-11-12-23-19(13-16)9-10-20(24)15-3-7-18(22)8-4-15/h1-8,11,19,23H,9-10,12-13H2. The van der Waals surface area contributed by atoms with Gasteiger partial charge in [-0.25, -0.2) is 0 Å². The summed E-state index contributed by atoms with van der Waals surface area (Å²) in [5.74, 6) is 0.163. The maximum atomic E-state index is 12.3. The van der Waals surface area contributed by atoms with Crippen LogP contribution < -0.4 is 5.32 Å². The minimum absolute atomic E-state index is 0.163. The van der Waals surface area contributed by atoms with Crippen molar-refractivity contribution in [1.82, 2.24) is 5.32 Å². The average molecular weight is 360 g/mol. The summed E-state index contributed by atoms with van der Waals surface area (Å²) in [6.07, 6.45) is 4.50. The van der Waals surface area contributed by atoms with Gasteiger partial charge >= 0.3 is 0 Å². The van der Waals surface area contributed by atoms with Crippen molar-refractivity contribution in [2.75, 3.05) is 6.54 Å². The number of hydrogen-bond acceptors (Lipinski definition) is 2. The van der Waals surface area contributed by atoms with Gasteiger partial charge in [0.25, 0.3) is 0 Å². The molecule has 1 N–H and O–H groups in total. The highest BCUT2D eigenvalue weighted by atomic mass is 35.5. The summed E-state index contributed by atoms with van der Waals surface area (Å²) in [4.78, 5) is 12.3. The fourth-order valence-electron chi connectivity index (χ4n) is 2.96. The summed E-state index contributed by atoms with van der Waals surface area (Å²) in [5, 5.41) is 4.87. The molecule has 0 aromatic heterocycles. The number of benzene rings is 2. The lowest BCUT2D eigenvalue weighted by Gasteiger charge is -2.24. The van der Waals surface area contributed by atoms with Crippen LogP contribution in [0.5, 0.6) is 0 Å². The van der Waals surface area contributed by atoms with Crippen LogP contribution in [0.1, 0.15) is 35.2 Å². The first kappa shape index (κ1) is 17.2. The van der Waals surface area contributed by atoms with Crippen LogP contribution >= 0.6 is 23.2 Å². The molecule has 0 aliphatic carbocycles. The van der Waals surface area contributed by atoms with E-state index in [1.54, 1.807) is 24.3 Å². The summed E-state index contributed by atoms with van der Waals surface area (Å²) in [6.45, 7) is 0.831. The van der Waals surface area contributed by atoms with Crippen LogP contribution in [0.25, 0.3) is 5.57 Å². The molecule has 0 spiro atoms. The van der Waals surface area contributed by atoms with Gasteiger partial charge in [-0.1, -0.05) is 41.4 Å². The first-order chi connectivity index (χ1) is 11.6. The predicted octanol–water partition coefficient (Wildman–Crippen LogP) is 5.40. The molecule has 24 heavy (non-hydrogen) atoms. The zero-order chi connectivity index (χ0) is 16.9. The molecule has 0 radical (unpaired) electrons. The lowest BCUT2D eigenvalue weighted by molar-refractivity contribution is 0.0976. The molecular weight excluding hydrogens is 341 g/mol. The topological polar surface area (TPSA) is 29.1 Å². The monoisotopic (exact) mass is 359 g/mol. The second-order valence-electron chi connectivity index (χ2n) is 6.01. The van der Waals surface area contributed by atoms with Crippen molar-refractivity contribution in [3.63, 3.8) is 0 Å². The third kappa shape index (κ3) is 4.47. The minimum Gasteiger partial charge on any atom is -0.310 e. The zero-order valence-corrected chi connectivity index (χ0v) is 14.8. The zero-order valence-electron chi connectivity index (χ0n) is 13.3. The molecule has 4 heteroatoms. The lowest BCUT2D eigenvalue weighted by Crippen LogP contribution is -2.33. The van der Waals surface area contributed by atoms with E-state index < -0.39 is 0 Å². The largest absolute Gasteiger partial charge is 0.310 e. The van der Waals surface area contributed by atoms with Gasteiger partial charge in [0.05, 0.1) is 0 Å². The second-order valence-corrected chi connectivity index (χ2v) is 6.89. The number of hydrogen-bond donors (Lipinski definition) is 1. The van der Waals surface area contributed by atoms with Gasteiger partial charge in [-0.05, 0) is 60.4 Å². The molecule has 0 fully saturated rings. The first-order valence-corrected chi connectivity index (χ1v) is 8.84. The smallest absolute Gasteiger partial charge is 0.162 e. The van der Waals surface area contributed by atoms with E-state index in [1.807, 2.05) is 12.1 Å². The van der Waals surface area contributed by atoms with Crippen molar-refractivity contribution in [1.29, 1.82) is 0 Å². The van der Waals surface area contributed by atoms with Crippen LogP contribution in [-0.4, -0.2) is 18.4 Å². The molecule has 1 aliphatic heterocycles. The summed E-state index contributed by atoms with van der Waals surface area (Å²) in [5.41, 5.74) is 3.24. The van der Waals surface area contributed by atoms with Crippen LogP contribution in [-0.2, 0) is 0 Å². The van der Waals surface area contributed by atoms with Gasteiger partial charge in [-0.2, -0.15) is 0 Å². The van der Waals surface area contributed by atoms with Gasteiger partial charge in [0.15, 0.2) is 5.78 Å². The molecule has 1 heterocycles. The van der Waals surface area contributed by atoms with E-state index in [1.165, 1.54) is 11.1 Å². The molecule has 1 atom stereocenters. The van der Waals surface area contributed by atoms with Gasteiger partial charge in [-0.15, -0.1) is 0 Å². The van der Waals surface area contributed by atoms with E-state index in [2.05, 4.69) is 23.5 Å². The van der Waals surface area contributed by atoms with Crippen molar-refractivity contribution >= 4 is 34.6 Å². The van der Waals surface area contributed by atoms with Crippen molar-refractivity contribution in [3.8, 4) is 0 Å². The number of carbonyl (C=O) groups is 1. The fourth-order valence-corrected chi connectivity index (χ4v) is 3.21. The first-order valence-electron chi connectivity index (χ1n) is 8.09. The Hall–Kier alpha value is -1.61. The van der Waals surface area contributed by atoms with Crippen molar-refractivity contribution in [2.45, 2.75) is 25.3 Å². The molecule has 1 aliphatic rings. The highest BCUT2D eigenvalue weighted by Gasteiger charge is 2.17. The number of ketones is 1. The molecule has 2 aromatic rings. The van der Waals surface area contributed by atoms with E-state index >= 15 is 0 Å². The van der Waals surface area contributed by atoms with Gasteiger partial charge in [0.2, 0.25) is 0 Å². The highest BCUT2D eigenvalue weighted by molar-refractivity contribution is 6.30. The molecule has 0 saturated carbocycles. The number of Topliss-reactive ketones (excluding diaryl/α,β-unsaturated/α-hetero) is 1. The van der Waals surface area contributed by atoms with E-state index in [4.69, 9.17) is 23.2 Å². The van der Waals surface area contributed by atoms with Gasteiger partial charge in [0.1, 0.15) is 0 Å². The van der Waals surface area contributed by atoms with Crippen LogP contribution in [0.15, 0.2) is 54.6 Å². The maximum absolute atomic E-state index is 12.3. The van der Waals surface area contributed by atoms with Gasteiger partial charge < -0.3 is 5.32 Å². The summed E-state index contributed by atoms with van der Waals surface area (Å²) in [7, 11) is 0. The Morgan fingerprint density at radius 3 is 2.29 bits per heavy atom. The molecule has 0 amide bonds. The van der Waals surface area contributed by atoms with Crippen molar-refractivity contribution in [2.24, 2.45) is 0 Å². The molecule has 0 bridgehead atoms. The number of carbonyl (C=O) groups excluding carboxylic acids is 1. The van der Waals surface area contributed by atoms with Crippen LogP contribution in [0.3, 0.4) is 0 Å². The third-order valence-electron chi connectivity index (χ3n) is 4.32. The fraction of sp³-hybridized carbons (Fsp3) is 0.250.